The molecule has 1 aliphatic rings. The van der Waals surface area contributed by atoms with Gasteiger partial charge >= 0.3 is 6.09 Å². The Balaban J connectivity index is 1.73. The summed E-state index contributed by atoms with van der Waals surface area (Å²) >= 11 is 0. The zero-order chi connectivity index (χ0) is 16.6. The number of β-amino-alcohol motifs (C(OH)–C–C–N with tert-alkyl or cyclic N) is 1. The summed E-state index contributed by atoms with van der Waals surface area (Å²) in [5.41, 5.74) is 1.68. The molecule has 0 saturated carbocycles. The second-order valence-corrected chi connectivity index (χ2v) is 7.18. The van der Waals surface area contributed by atoms with E-state index in [1.54, 1.807) is 4.90 Å². The second-order valence-electron chi connectivity index (χ2n) is 7.18. The summed E-state index contributed by atoms with van der Waals surface area (Å²) in [5, 5.41) is 11.7. The number of hydrogen-bond donors (Lipinski definition) is 2. The zero-order valence-electron chi connectivity index (χ0n) is 13.9. The average Bonchev–Trinajstić information content (AvgIpc) is 2.89. The standard InChI is InChI=1S/C18H24N2O3/c1-18(2,3)23-17(22)20-9-8-13(16(21)11-20)14-10-19-15-7-5-4-6-12(14)15/h4-7,10,13,16,19,21H,8-9,11H2,1-3H3. The van der Waals surface area contributed by atoms with Gasteiger partial charge in [-0.15, -0.1) is 0 Å². The number of amides is 1. The summed E-state index contributed by atoms with van der Waals surface area (Å²) in [6.07, 6.45) is 1.76. The monoisotopic (exact) mass is 316 g/mol. The molecule has 1 aromatic heterocycles. The van der Waals surface area contributed by atoms with Crippen LogP contribution in [0.15, 0.2) is 30.5 Å². The number of aromatic nitrogens is 1. The van der Waals surface area contributed by atoms with Gasteiger partial charge in [0.2, 0.25) is 0 Å². The zero-order valence-corrected chi connectivity index (χ0v) is 13.9. The van der Waals surface area contributed by atoms with Gasteiger partial charge in [-0.2, -0.15) is 0 Å². The lowest BCUT2D eigenvalue weighted by atomic mass is 9.87. The molecule has 2 aromatic rings. The van der Waals surface area contributed by atoms with Crippen molar-refractivity contribution in [3.8, 4) is 0 Å². The molecule has 5 nitrogen and oxygen atoms in total. The van der Waals surface area contributed by atoms with E-state index in [2.05, 4.69) is 11.1 Å². The van der Waals surface area contributed by atoms with Gasteiger partial charge in [-0.05, 0) is 38.8 Å². The van der Waals surface area contributed by atoms with Crippen LogP contribution in [0, 0.1) is 0 Å². The second kappa shape index (κ2) is 5.89. The number of nitrogens with one attached hydrogen (secondary N) is 1. The lowest BCUT2D eigenvalue weighted by Crippen LogP contribution is -2.47. The largest absolute Gasteiger partial charge is 0.444 e. The van der Waals surface area contributed by atoms with Gasteiger partial charge in [0.25, 0.3) is 0 Å². The highest BCUT2D eigenvalue weighted by Crippen LogP contribution is 2.33. The summed E-state index contributed by atoms with van der Waals surface area (Å²) in [7, 11) is 0. The summed E-state index contributed by atoms with van der Waals surface area (Å²) in [6.45, 7) is 6.44. The molecule has 2 atom stereocenters. The number of nitrogens with zero attached hydrogens (tertiary/aromatic N) is 1. The third kappa shape index (κ3) is 3.34. The number of benzene rings is 1. The Bertz CT molecular complexity index is 702. The van der Waals surface area contributed by atoms with Crippen LogP contribution in [0.2, 0.25) is 0 Å². The minimum absolute atomic E-state index is 0.0323. The molecule has 1 aromatic carbocycles. The molecule has 23 heavy (non-hydrogen) atoms. The highest BCUT2D eigenvalue weighted by atomic mass is 16.6. The van der Waals surface area contributed by atoms with E-state index in [9.17, 15) is 9.90 Å². The number of carbonyl (C=O) groups is 1. The maximum atomic E-state index is 12.2. The van der Waals surface area contributed by atoms with E-state index in [-0.39, 0.29) is 12.0 Å². The van der Waals surface area contributed by atoms with Gasteiger partial charge in [0, 0.05) is 29.6 Å². The SMILES string of the molecule is CC(C)(C)OC(=O)N1CCC(c2c[nH]c3ccccc23)C(O)C1. The number of aromatic amines is 1. The predicted molar refractivity (Wildman–Crippen MR) is 89.5 cm³/mol. The number of hydrogen-bond acceptors (Lipinski definition) is 3. The molecular weight excluding hydrogens is 292 g/mol. The molecule has 2 N–H and O–H groups in total. The molecule has 5 heteroatoms. The number of ether oxygens (including phenoxy) is 1. The van der Waals surface area contributed by atoms with Gasteiger partial charge in [0.05, 0.1) is 12.6 Å². The number of para-hydroxylation sites is 1. The smallest absolute Gasteiger partial charge is 0.410 e. The highest BCUT2D eigenvalue weighted by molar-refractivity contribution is 5.83. The summed E-state index contributed by atoms with van der Waals surface area (Å²) in [4.78, 5) is 17.0. The molecule has 1 amide bonds. The molecule has 1 fully saturated rings. The molecule has 0 bridgehead atoms. The number of likely N-dealkylation sites (tertiary alicyclic amines) is 1. The Morgan fingerprint density at radius 2 is 2.09 bits per heavy atom. The highest BCUT2D eigenvalue weighted by Gasteiger charge is 2.34. The van der Waals surface area contributed by atoms with Crippen LogP contribution in [0.25, 0.3) is 10.9 Å². The summed E-state index contributed by atoms with van der Waals surface area (Å²) in [5.74, 6) is 0.0323. The molecule has 3 rings (SSSR count). The summed E-state index contributed by atoms with van der Waals surface area (Å²) in [6, 6.07) is 8.08. The van der Waals surface area contributed by atoms with Gasteiger partial charge < -0.3 is 19.7 Å². The number of piperidine rings is 1. The third-order valence-electron chi connectivity index (χ3n) is 4.25. The van der Waals surface area contributed by atoms with Crippen molar-refractivity contribution in [2.24, 2.45) is 0 Å². The Morgan fingerprint density at radius 3 is 2.78 bits per heavy atom. The normalized spacial score (nSPS) is 22.3. The quantitative estimate of drug-likeness (QED) is 0.849. The van der Waals surface area contributed by atoms with E-state index in [0.717, 1.165) is 22.9 Å². The maximum Gasteiger partial charge on any atom is 0.410 e. The van der Waals surface area contributed by atoms with Crippen molar-refractivity contribution in [3.05, 3.63) is 36.0 Å². The Morgan fingerprint density at radius 1 is 1.35 bits per heavy atom. The first-order chi connectivity index (χ1) is 10.8. The molecule has 0 spiro atoms. The molecule has 1 aliphatic heterocycles. The average molecular weight is 316 g/mol. The van der Waals surface area contributed by atoms with Crippen molar-refractivity contribution in [1.29, 1.82) is 0 Å². The number of aliphatic hydroxyl groups is 1. The van der Waals surface area contributed by atoms with Crippen LogP contribution in [0.1, 0.15) is 38.7 Å². The lowest BCUT2D eigenvalue weighted by Gasteiger charge is -2.36. The Kier molecular flexibility index (Phi) is 4.06. The van der Waals surface area contributed by atoms with Crippen LogP contribution < -0.4 is 0 Å². The minimum Gasteiger partial charge on any atom is -0.444 e. The van der Waals surface area contributed by atoms with E-state index < -0.39 is 11.7 Å². The van der Waals surface area contributed by atoms with Gasteiger partial charge in [-0.3, -0.25) is 0 Å². The Hall–Kier alpha value is -2.01. The van der Waals surface area contributed by atoms with E-state index in [0.29, 0.717) is 13.1 Å². The number of aliphatic hydroxyl groups excluding tert-OH is 1. The molecule has 2 heterocycles. The molecule has 124 valence electrons. The fraction of sp³-hybridized carbons (Fsp3) is 0.500. The fourth-order valence-corrected chi connectivity index (χ4v) is 3.19. The van der Waals surface area contributed by atoms with E-state index >= 15 is 0 Å². The van der Waals surface area contributed by atoms with E-state index in [1.165, 1.54) is 0 Å². The number of rotatable bonds is 1. The van der Waals surface area contributed by atoms with Gasteiger partial charge in [0.1, 0.15) is 5.60 Å². The number of H-pyrrole nitrogens is 1. The van der Waals surface area contributed by atoms with Crippen molar-refractivity contribution >= 4 is 17.0 Å². The fourth-order valence-electron chi connectivity index (χ4n) is 3.19. The van der Waals surface area contributed by atoms with Gasteiger partial charge in [0.15, 0.2) is 0 Å². The third-order valence-corrected chi connectivity index (χ3v) is 4.25. The van der Waals surface area contributed by atoms with Crippen LogP contribution in [0.5, 0.6) is 0 Å². The Labute approximate surface area is 136 Å². The number of carbonyl (C=O) groups excluding carboxylic acids is 1. The summed E-state index contributed by atoms with van der Waals surface area (Å²) < 4.78 is 5.39. The molecular formula is C18H24N2O3. The van der Waals surface area contributed by atoms with Crippen LogP contribution >= 0.6 is 0 Å². The van der Waals surface area contributed by atoms with Gasteiger partial charge in [-0.1, -0.05) is 18.2 Å². The van der Waals surface area contributed by atoms with Crippen LogP contribution in [-0.4, -0.2) is 45.9 Å². The van der Waals surface area contributed by atoms with Crippen molar-refractivity contribution in [2.75, 3.05) is 13.1 Å². The first-order valence-corrected chi connectivity index (χ1v) is 8.07. The van der Waals surface area contributed by atoms with Crippen LogP contribution in [0.3, 0.4) is 0 Å². The molecule has 1 saturated heterocycles. The maximum absolute atomic E-state index is 12.2. The van der Waals surface area contributed by atoms with Crippen molar-refractivity contribution in [2.45, 2.75) is 44.8 Å². The first kappa shape index (κ1) is 15.9. The van der Waals surface area contributed by atoms with Crippen LogP contribution in [0.4, 0.5) is 4.79 Å². The molecule has 2 unspecified atom stereocenters. The van der Waals surface area contributed by atoms with Crippen molar-refractivity contribution < 1.29 is 14.6 Å². The van der Waals surface area contributed by atoms with E-state index in [4.69, 9.17) is 4.74 Å². The van der Waals surface area contributed by atoms with Crippen molar-refractivity contribution in [1.82, 2.24) is 9.88 Å². The minimum atomic E-state index is -0.588. The lowest BCUT2D eigenvalue weighted by molar-refractivity contribution is -0.00138. The van der Waals surface area contributed by atoms with Gasteiger partial charge in [-0.25, -0.2) is 4.79 Å². The molecule has 0 aliphatic carbocycles. The predicted octanol–water partition coefficient (Wildman–Crippen LogP) is 3.25. The number of fused-ring (bicyclic) bond motifs is 1. The molecule has 0 radical (unpaired) electrons. The van der Waals surface area contributed by atoms with Crippen molar-refractivity contribution in [3.63, 3.8) is 0 Å². The van der Waals surface area contributed by atoms with Crippen LogP contribution in [-0.2, 0) is 4.74 Å². The first-order valence-electron chi connectivity index (χ1n) is 8.07. The van der Waals surface area contributed by atoms with E-state index in [1.807, 2.05) is 45.2 Å². The topological polar surface area (TPSA) is 65.6 Å².